The summed E-state index contributed by atoms with van der Waals surface area (Å²) < 4.78 is 45.1. The van der Waals surface area contributed by atoms with Gasteiger partial charge in [-0.2, -0.15) is 13.2 Å². The molecule has 2 aromatic rings. The van der Waals surface area contributed by atoms with Gasteiger partial charge in [-0.25, -0.2) is 0 Å². The quantitative estimate of drug-likeness (QED) is 0.597. The lowest BCUT2D eigenvalue weighted by Gasteiger charge is -2.12. The van der Waals surface area contributed by atoms with Crippen LogP contribution in [-0.2, 0) is 18.0 Å². The monoisotopic (exact) mass is 365 g/mol. The molecule has 1 atom stereocenters. The fourth-order valence-corrected chi connectivity index (χ4v) is 3.44. The van der Waals surface area contributed by atoms with Crippen LogP contribution in [0.2, 0.25) is 0 Å². The Labute approximate surface area is 148 Å². The Morgan fingerprint density at radius 3 is 2.38 bits per heavy atom. The smallest absolute Gasteiger partial charge is 0.416 e. The molecule has 0 saturated heterocycles. The van der Waals surface area contributed by atoms with Crippen molar-refractivity contribution in [2.24, 2.45) is 7.05 Å². The van der Waals surface area contributed by atoms with Gasteiger partial charge in [0.15, 0.2) is 5.75 Å². The number of esters is 1. The number of nitrogens with zero attached hydrogens (tertiary/aromatic N) is 1. The highest BCUT2D eigenvalue weighted by Crippen LogP contribution is 2.43. The first-order valence-electron chi connectivity index (χ1n) is 8.29. The Bertz CT molecular complexity index is 879. The maximum atomic E-state index is 12.9. The van der Waals surface area contributed by atoms with Crippen molar-refractivity contribution in [1.82, 2.24) is 4.57 Å². The van der Waals surface area contributed by atoms with Crippen molar-refractivity contribution >= 4 is 11.8 Å². The molecule has 1 unspecified atom stereocenters. The van der Waals surface area contributed by atoms with Crippen molar-refractivity contribution in [3.63, 3.8) is 0 Å². The van der Waals surface area contributed by atoms with Crippen LogP contribution in [0, 0.1) is 6.92 Å². The van der Waals surface area contributed by atoms with Crippen LogP contribution in [0.3, 0.4) is 0 Å². The van der Waals surface area contributed by atoms with Crippen molar-refractivity contribution in [2.75, 3.05) is 0 Å². The summed E-state index contributed by atoms with van der Waals surface area (Å²) in [6, 6.07) is 4.11. The molecule has 0 bridgehead atoms. The van der Waals surface area contributed by atoms with E-state index < -0.39 is 23.4 Å². The van der Waals surface area contributed by atoms with E-state index in [9.17, 15) is 22.8 Å². The molecule has 7 heteroatoms. The van der Waals surface area contributed by atoms with Gasteiger partial charge in [0.1, 0.15) is 5.92 Å². The molecule has 4 nitrogen and oxygen atoms in total. The SMILES string of the molecule is CCCC1C(=O)Oc2c(C)c(C(=O)c3ccc(C(F)(F)F)cc3)n(C)c21. The second-order valence-corrected chi connectivity index (χ2v) is 6.41. The number of alkyl halides is 3. The Morgan fingerprint density at radius 2 is 1.85 bits per heavy atom. The van der Waals surface area contributed by atoms with Crippen molar-refractivity contribution in [1.29, 1.82) is 0 Å². The first kappa shape index (κ1) is 18.2. The number of carbonyl (C=O) groups excluding carboxylic acids is 2. The third kappa shape index (κ3) is 2.81. The fourth-order valence-electron chi connectivity index (χ4n) is 3.44. The zero-order valence-corrected chi connectivity index (χ0v) is 14.6. The van der Waals surface area contributed by atoms with Gasteiger partial charge in [0.05, 0.1) is 17.0 Å². The van der Waals surface area contributed by atoms with Gasteiger partial charge in [0.25, 0.3) is 0 Å². The molecule has 3 rings (SSSR count). The Kier molecular flexibility index (Phi) is 4.42. The van der Waals surface area contributed by atoms with Crippen molar-refractivity contribution in [3.8, 4) is 5.75 Å². The molecule has 0 saturated carbocycles. The first-order chi connectivity index (χ1) is 12.2. The summed E-state index contributed by atoms with van der Waals surface area (Å²) in [5.41, 5.74) is 0.850. The van der Waals surface area contributed by atoms with Crippen molar-refractivity contribution < 1.29 is 27.5 Å². The van der Waals surface area contributed by atoms with Crippen LogP contribution >= 0.6 is 0 Å². The molecule has 0 aliphatic carbocycles. The Morgan fingerprint density at radius 1 is 1.23 bits per heavy atom. The first-order valence-corrected chi connectivity index (χ1v) is 8.29. The number of ether oxygens (including phenoxy) is 1. The van der Waals surface area contributed by atoms with E-state index >= 15 is 0 Å². The molecule has 0 spiro atoms. The van der Waals surface area contributed by atoms with Crippen LogP contribution < -0.4 is 4.74 Å². The molecule has 0 amide bonds. The van der Waals surface area contributed by atoms with E-state index in [0.717, 1.165) is 30.7 Å². The van der Waals surface area contributed by atoms with Crippen molar-refractivity contribution in [2.45, 2.75) is 38.8 Å². The number of hydrogen-bond acceptors (Lipinski definition) is 3. The highest BCUT2D eigenvalue weighted by atomic mass is 19.4. The summed E-state index contributed by atoms with van der Waals surface area (Å²) in [5.74, 6) is -0.762. The highest BCUT2D eigenvalue weighted by molar-refractivity contribution is 6.10. The number of aromatic nitrogens is 1. The topological polar surface area (TPSA) is 48.3 Å². The van der Waals surface area contributed by atoms with Gasteiger partial charge in [-0.05, 0) is 25.5 Å². The minimum atomic E-state index is -4.45. The van der Waals surface area contributed by atoms with E-state index in [2.05, 4.69) is 0 Å². The average Bonchev–Trinajstić information content (AvgIpc) is 3.02. The van der Waals surface area contributed by atoms with Crippen molar-refractivity contribution in [3.05, 3.63) is 52.3 Å². The molecular weight excluding hydrogens is 347 g/mol. The number of carbonyl (C=O) groups is 2. The van der Waals surface area contributed by atoms with Gasteiger partial charge in [0, 0.05) is 18.2 Å². The lowest BCUT2D eigenvalue weighted by molar-refractivity contribution is -0.137. The molecule has 26 heavy (non-hydrogen) atoms. The number of fused-ring (bicyclic) bond motifs is 1. The third-order valence-corrected chi connectivity index (χ3v) is 4.71. The molecule has 2 heterocycles. The molecule has 0 radical (unpaired) electrons. The zero-order valence-electron chi connectivity index (χ0n) is 14.6. The molecular formula is C19H18F3NO3. The van der Waals surface area contributed by atoms with Gasteiger partial charge in [-0.1, -0.05) is 25.5 Å². The summed E-state index contributed by atoms with van der Waals surface area (Å²) in [7, 11) is 1.67. The van der Waals surface area contributed by atoms with E-state index in [1.54, 1.807) is 18.5 Å². The molecule has 1 aliphatic heterocycles. The van der Waals surface area contributed by atoms with Crippen LogP contribution in [0.4, 0.5) is 13.2 Å². The minimum absolute atomic E-state index is 0.152. The standard InChI is InChI=1S/C19H18F3NO3/c1-4-5-13-15-17(26-18(13)25)10(2)14(23(15)3)16(24)11-6-8-12(9-7-11)19(20,21)22/h6-9,13H,4-5H2,1-3H3. The average molecular weight is 365 g/mol. The van der Waals surface area contributed by atoms with E-state index in [1.807, 2.05) is 6.92 Å². The zero-order chi connectivity index (χ0) is 19.2. The van der Waals surface area contributed by atoms with E-state index in [0.29, 0.717) is 29.1 Å². The lowest BCUT2D eigenvalue weighted by atomic mass is 10.0. The Balaban J connectivity index is 2.01. The predicted molar refractivity (Wildman–Crippen MR) is 88.3 cm³/mol. The second kappa shape index (κ2) is 6.30. The van der Waals surface area contributed by atoms with E-state index in [4.69, 9.17) is 4.74 Å². The summed E-state index contributed by atoms with van der Waals surface area (Å²) in [6.45, 7) is 3.63. The maximum Gasteiger partial charge on any atom is 0.416 e. The van der Waals surface area contributed by atoms with Crippen LogP contribution in [0.5, 0.6) is 5.75 Å². The van der Waals surface area contributed by atoms with Crippen LogP contribution in [0.1, 0.15) is 58.6 Å². The Hall–Kier alpha value is -2.57. The second-order valence-electron chi connectivity index (χ2n) is 6.41. The number of rotatable bonds is 4. The van der Waals surface area contributed by atoms with E-state index in [-0.39, 0.29) is 11.5 Å². The largest absolute Gasteiger partial charge is 0.424 e. The summed E-state index contributed by atoms with van der Waals surface area (Å²) in [4.78, 5) is 24.9. The van der Waals surface area contributed by atoms with Gasteiger partial charge < -0.3 is 9.30 Å². The van der Waals surface area contributed by atoms with Gasteiger partial charge in [0.2, 0.25) is 5.78 Å². The fraction of sp³-hybridized carbons (Fsp3) is 0.368. The predicted octanol–water partition coefficient (Wildman–Crippen LogP) is 4.39. The lowest BCUT2D eigenvalue weighted by Crippen LogP contribution is -2.17. The molecule has 0 N–H and O–H groups in total. The molecule has 1 aliphatic rings. The van der Waals surface area contributed by atoms with Gasteiger partial charge in [-0.15, -0.1) is 0 Å². The number of halogens is 3. The summed E-state index contributed by atoms with van der Waals surface area (Å²) >= 11 is 0. The van der Waals surface area contributed by atoms with Gasteiger partial charge >= 0.3 is 12.1 Å². The van der Waals surface area contributed by atoms with Gasteiger partial charge in [-0.3, -0.25) is 9.59 Å². The summed E-state index contributed by atoms with van der Waals surface area (Å²) in [5, 5.41) is 0. The van der Waals surface area contributed by atoms with Crippen LogP contribution in [0.15, 0.2) is 24.3 Å². The van der Waals surface area contributed by atoms with Crippen LogP contribution in [0.25, 0.3) is 0 Å². The number of ketones is 1. The molecule has 0 fully saturated rings. The molecule has 1 aromatic heterocycles. The number of hydrogen-bond donors (Lipinski definition) is 0. The number of benzene rings is 1. The normalized spacial score (nSPS) is 16.5. The minimum Gasteiger partial charge on any atom is -0.424 e. The summed E-state index contributed by atoms with van der Waals surface area (Å²) in [6.07, 6.45) is -3.06. The molecule has 138 valence electrons. The van der Waals surface area contributed by atoms with E-state index in [1.165, 1.54) is 0 Å². The highest BCUT2D eigenvalue weighted by Gasteiger charge is 2.40. The third-order valence-electron chi connectivity index (χ3n) is 4.71. The molecule has 1 aromatic carbocycles. The van der Waals surface area contributed by atoms with Crippen LogP contribution in [-0.4, -0.2) is 16.3 Å². The maximum absolute atomic E-state index is 12.9.